The van der Waals surface area contributed by atoms with Crippen molar-refractivity contribution < 1.29 is 23.1 Å². The van der Waals surface area contributed by atoms with Crippen molar-refractivity contribution in [3.63, 3.8) is 0 Å². The predicted octanol–water partition coefficient (Wildman–Crippen LogP) is 3.26. The average molecular weight is 407 g/mol. The number of hydrogen-bond donors (Lipinski definition) is 3. The summed E-state index contributed by atoms with van der Waals surface area (Å²) >= 11 is 0. The van der Waals surface area contributed by atoms with E-state index in [-0.39, 0.29) is 10.5 Å². The van der Waals surface area contributed by atoms with Crippen LogP contribution in [0, 0.1) is 0 Å². The first kappa shape index (κ1) is 21.9. The molecule has 0 spiro atoms. The Balaban J connectivity index is 2.16. The number of rotatable bonds is 11. The van der Waals surface area contributed by atoms with Gasteiger partial charge in [0.1, 0.15) is 0 Å². The average Bonchev–Trinajstić information content (AvgIpc) is 2.68. The highest BCUT2D eigenvalue weighted by Gasteiger charge is 2.21. The van der Waals surface area contributed by atoms with Gasteiger partial charge in [-0.3, -0.25) is 0 Å². The van der Waals surface area contributed by atoms with E-state index in [1.54, 1.807) is 6.92 Å². The monoisotopic (exact) mass is 406 g/mol. The van der Waals surface area contributed by atoms with E-state index in [9.17, 15) is 18.3 Å². The first-order valence-electron chi connectivity index (χ1n) is 9.11. The second kappa shape index (κ2) is 10.2. The molecule has 2 aromatic carbocycles. The zero-order valence-electron chi connectivity index (χ0n) is 16.0. The second-order valence-electron chi connectivity index (χ2n) is 6.24. The molecule has 0 radical (unpaired) electrons. The van der Waals surface area contributed by atoms with E-state index in [0.717, 1.165) is 5.56 Å². The van der Waals surface area contributed by atoms with Crippen molar-refractivity contribution in [3.8, 4) is 0 Å². The SMILES string of the molecule is CCOCCCNc1ccc(S(=O)(=O)NC(C)c2ccccc2)cc1C(=O)O. The zero-order chi connectivity index (χ0) is 20.6. The van der Waals surface area contributed by atoms with Gasteiger partial charge in [-0.1, -0.05) is 30.3 Å². The number of carboxylic acid groups (broad SMARTS) is 1. The molecule has 0 fully saturated rings. The van der Waals surface area contributed by atoms with Crippen molar-refractivity contribution in [1.29, 1.82) is 0 Å². The Morgan fingerprint density at radius 1 is 1.18 bits per heavy atom. The fourth-order valence-electron chi connectivity index (χ4n) is 2.67. The highest BCUT2D eigenvalue weighted by molar-refractivity contribution is 7.89. The molecule has 2 rings (SSSR count). The Hall–Kier alpha value is -2.42. The number of benzene rings is 2. The molecule has 1 unspecified atom stereocenters. The van der Waals surface area contributed by atoms with Gasteiger partial charge < -0.3 is 15.2 Å². The molecule has 0 saturated carbocycles. The van der Waals surface area contributed by atoms with E-state index in [1.165, 1.54) is 18.2 Å². The number of ether oxygens (including phenoxy) is 1. The van der Waals surface area contributed by atoms with Gasteiger partial charge in [0.25, 0.3) is 0 Å². The third-order valence-electron chi connectivity index (χ3n) is 4.15. The molecule has 0 heterocycles. The Morgan fingerprint density at radius 3 is 2.54 bits per heavy atom. The first-order chi connectivity index (χ1) is 13.3. The van der Waals surface area contributed by atoms with Crippen LogP contribution in [0.5, 0.6) is 0 Å². The largest absolute Gasteiger partial charge is 0.478 e. The summed E-state index contributed by atoms with van der Waals surface area (Å²) in [5.74, 6) is -1.19. The van der Waals surface area contributed by atoms with Gasteiger partial charge in [0.2, 0.25) is 10.0 Å². The van der Waals surface area contributed by atoms with Gasteiger partial charge in [-0.05, 0) is 44.0 Å². The number of carboxylic acids is 1. The molecule has 3 N–H and O–H groups in total. The lowest BCUT2D eigenvalue weighted by Gasteiger charge is -2.16. The maximum absolute atomic E-state index is 12.7. The van der Waals surface area contributed by atoms with Crippen LogP contribution in [0.2, 0.25) is 0 Å². The van der Waals surface area contributed by atoms with Crippen LogP contribution in [-0.4, -0.2) is 39.3 Å². The summed E-state index contributed by atoms with van der Waals surface area (Å²) in [4.78, 5) is 11.5. The number of carbonyl (C=O) groups is 1. The van der Waals surface area contributed by atoms with Crippen molar-refractivity contribution in [2.75, 3.05) is 25.1 Å². The van der Waals surface area contributed by atoms with Crippen LogP contribution in [0.3, 0.4) is 0 Å². The summed E-state index contributed by atoms with van der Waals surface area (Å²) in [7, 11) is -3.87. The minimum Gasteiger partial charge on any atom is -0.478 e. The van der Waals surface area contributed by atoms with Crippen molar-refractivity contribution in [3.05, 3.63) is 59.7 Å². The van der Waals surface area contributed by atoms with Crippen molar-refractivity contribution >= 4 is 21.7 Å². The molecule has 152 valence electrons. The summed E-state index contributed by atoms with van der Waals surface area (Å²) in [5, 5.41) is 12.5. The maximum Gasteiger partial charge on any atom is 0.337 e. The molecule has 0 aromatic heterocycles. The number of sulfonamides is 1. The first-order valence-corrected chi connectivity index (χ1v) is 10.6. The van der Waals surface area contributed by atoms with Crippen LogP contribution >= 0.6 is 0 Å². The molecule has 8 heteroatoms. The third kappa shape index (κ3) is 6.05. The molecule has 7 nitrogen and oxygen atoms in total. The summed E-state index contributed by atoms with van der Waals surface area (Å²) < 4.78 is 33.2. The standard InChI is InChI=1S/C20H26N2O5S/c1-3-27-13-7-12-21-19-11-10-17(14-18(19)20(23)24)28(25,26)22-15(2)16-8-5-4-6-9-16/h4-6,8-11,14-15,21-22H,3,7,12-13H2,1-2H3,(H,23,24). The zero-order valence-corrected chi connectivity index (χ0v) is 16.8. The van der Waals surface area contributed by atoms with Crippen LogP contribution in [0.4, 0.5) is 5.69 Å². The van der Waals surface area contributed by atoms with Gasteiger partial charge in [-0.2, -0.15) is 0 Å². The fourth-order valence-corrected chi connectivity index (χ4v) is 3.93. The minimum atomic E-state index is -3.87. The number of hydrogen-bond acceptors (Lipinski definition) is 5. The topological polar surface area (TPSA) is 105 Å². The molecule has 0 amide bonds. The van der Waals surface area contributed by atoms with E-state index < -0.39 is 22.0 Å². The third-order valence-corrected chi connectivity index (χ3v) is 5.69. The number of nitrogens with one attached hydrogen (secondary N) is 2. The van der Waals surface area contributed by atoms with Gasteiger partial charge in [0.15, 0.2) is 0 Å². The van der Waals surface area contributed by atoms with Gasteiger partial charge >= 0.3 is 5.97 Å². The van der Waals surface area contributed by atoms with E-state index >= 15 is 0 Å². The quantitative estimate of drug-likeness (QED) is 0.495. The Morgan fingerprint density at radius 2 is 1.89 bits per heavy atom. The van der Waals surface area contributed by atoms with Gasteiger partial charge in [0.05, 0.1) is 10.5 Å². The lowest BCUT2D eigenvalue weighted by molar-refractivity contribution is 0.0697. The Labute approximate surface area is 165 Å². The number of aromatic carboxylic acids is 1. The fraction of sp³-hybridized carbons (Fsp3) is 0.350. The smallest absolute Gasteiger partial charge is 0.337 e. The molecule has 0 aliphatic heterocycles. The second-order valence-corrected chi connectivity index (χ2v) is 7.96. The van der Waals surface area contributed by atoms with Crippen LogP contribution in [0.25, 0.3) is 0 Å². The summed E-state index contributed by atoms with van der Waals surface area (Å²) in [6.45, 7) is 5.36. The molecule has 0 aliphatic carbocycles. The summed E-state index contributed by atoms with van der Waals surface area (Å²) in [6, 6.07) is 12.8. The van der Waals surface area contributed by atoms with Crippen molar-refractivity contribution in [2.45, 2.75) is 31.2 Å². The van der Waals surface area contributed by atoms with Crippen LogP contribution in [-0.2, 0) is 14.8 Å². The molecular formula is C20H26N2O5S. The predicted molar refractivity (Wildman–Crippen MR) is 108 cm³/mol. The Bertz CT molecular complexity index is 885. The van der Waals surface area contributed by atoms with Crippen LogP contribution in [0.15, 0.2) is 53.4 Å². The highest BCUT2D eigenvalue weighted by atomic mass is 32.2. The summed E-state index contributed by atoms with van der Waals surface area (Å²) in [6.07, 6.45) is 0.711. The van der Waals surface area contributed by atoms with E-state index in [0.29, 0.717) is 31.9 Å². The molecule has 0 bridgehead atoms. The van der Waals surface area contributed by atoms with Gasteiger partial charge in [-0.25, -0.2) is 17.9 Å². The van der Waals surface area contributed by atoms with Crippen LogP contribution in [0.1, 0.15) is 42.2 Å². The van der Waals surface area contributed by atoms with Gasteiger partial charge in [-0.15, -0.1) is 0 Å². The van der Waals surface area contributed by atoms with Crippen LogP contribution < -0.4 is 10.0 Å². The lowest BCUT2D eigenvalue weighted by Crippen LogP contribution is -2.27. The molecular weight excluding hydrogens is 380 g/mol. The molecule has 0 saturated heterocycles. The summed E-state index contributed by atoms with van der Waals surface area (Å²) in [5.41, 5.74) is 1.10. The molecule has 28 heavy (non-hydrogen) atoms. The molecule has 1 atom stereocenters. The molecule has 2 aromatic rings. The maximum atomic E-state index is 12.7. The number of anilines is 1. The molecule has 0 aliphatic rings. The Kier molecular flexibility index (Phi) is 7.98. The van der Waals surface area contributed by atoms with Crippen molar-refractivity contribution in [2.24, 2.45) is 0 Å². The minimum absolute atomic E-state index is 0.0902. The van der Waals surface area contributed by atoms with E-state index in [1.807, 2.05) is 37.3 Å². The van der Waals surface area contributed by atoms with Gasteiger partial charge in [0, 0.05) is 31.5 Å². The van der Waals surface area contributed by atoms with E-state index in [4.69, 9.17) is 4.74 Å². The lowest BCUT2D eigenvalue weighted by atomic mass is 10.1. The highest BCUT2D eigenvalue weighted by Crippen LogP contribution is 2.22. The van der Waals surface area contributed by atoms with Crippen molar-refractivity contribution in [1.82, 2.24) is 4.72 Å². The normalized spacial score (nSPS) is 12.5. The van der Waals surface area contributed by atoms with E-state index in [2.05, 4.69) is 10.0 Å².